The third-order valence-corrected chi connectivity index (χ3v) is 4.53. The first kappa shape index (κ1) is 20.2. The van der Waals surface area contributed by atoms with Gasteiger partial charge in [0.25, 0.3) is 0 Å². The molecular formula is C23H22O6. The predicted molar refractivity (Wildman–Crippen MR) is 109 cm³/mol. The van der Waals surface area contributed by atoms with Gasteiger partial charge in [0.15, 0.2) is 0 Å². The summed E-state index contributed by atoms with van der Waals surface area (Å²) < 4.78 is 15.8. The molecule has 0 aliphatic heterocycles. The van der Waals surface area contributed by atoms with Gasteiger partial charge in [-0.05, 0) is 42.3 Å². The molecule has 0 aliphatic carbocycles. The van der Waals surface area contributed by atoms with Crippen LogP contribution in [0.3, 0.4) is 0 Å². The average Bonchev–Trinajstić information content (AvgIpc) is 2.71. The maximum atomic E-state index is 12.7. The summed E-state index contributed by atoms with van der Waals surface area (Å²) in [6, 6.07) is 13.7. The molecule has 6 heteroatoms. The van der Waals surface area contributed by atoms with E-state index in [9.17, 15) is 14.7 Å². The summed E-state index contributed by atoms with van der Waals surface area (Å²) in [6.45, 7) is 6.05. The summed E-state index contributed by atoms with van der Waals surface area (Å²) in [4.78, 5) is 24.7. The van der Waals surface area contributed by atoms with E-state index in [4.69, 9.17) is 13.9 Å². The highest BCUT2D eigenvalue weighted by Gasteiger charge is 2.27. The van der Waals surface area contributed by atoms with E-state index in [-0.39, 0.29) is 23.3 Å². The average molecular weight is 394 g/mol. The van der Waals surface area contributed by atoms with Gasteiger partial charge in [-0.2, -0.15) is 0 Å². The van der Waals surface area contributed by atoms with Crippen LogP contribution in [0.1, 0.15) is 30.4 Å². The first-order chi connectivity index (χ1) is 13.9. The highest BCUT2D eigenvalue weighted by Crippen LogP contribution is 2.36. The summed E-state index contributed by atoms with van der Waals surface area (Å²) in [5.74, 6) is -0.820. The molecule has 29 heavy (non-hydrogen) atoms. The maximum absolute atomic E-state index is 12.7. The second-order valence-electron chi connectivity index (χ2n) is 6.80. The van der Waals surface area contributed by atoms with Crippen LogP contribution >= 0.6 is 0 Å². The number of esters is 1. The highest BCUT2D eigenvalue weighted by molar-refractivity contribution is 5.84. The molecule has 1 heterocycles. The van der Waals surface area contributed by atoms with Gasteiger partial charge in [-0.3, -0.25) is 4.79 Å². The van der Waals surface area contributed by atoms with Gasteiger partial charge in [-0.15, -0.1) is 0 Å². The lowest BCUT2D eigenvalue weighted by Gasteiger charge is -2.18. The maximum Gasteiger partial charge on any atom is 0.343 e. The summed E-state index contributed by atoms with van der Waals surface area (Å²) in [7, 11) is 1.27. The van der Waals surface area contributed by atoms with Crippen molar-refractivity contribution in [3.8, 4) is 11.5 Å². The summed E-state index contributed by atoms with van der Waals surface area (Å²) in [6.07, 6.45) is -0.126. The lowest BCUT2D eigenvalue weighted by Crippen LogP contribution is -2.18. The minimum atomic E-state index is -0.738. The van der Waals surface area contributed by atoms with Crippen LogP contribution in [-0.2, 0) is 9.53 Å². The Morgan fingerprint density at radius 2 is 1.86 bits per heavy atom. The fraction of sp³-hybridized carbons (Fsp3) is 0.217. The van der Waals surface area contributed by atoms with Crippen molar-refractivity contribution in [2.24, 2.45) is 0 Å². The predicted octanol–water partition coefficient (Wildman–Crippen LogP) is 4.15. The van der Waals surface area contributed by atoms with E-state index in [0.717, 1.165) is 5.57 Å². The topological polar surface area (TPSA) is 86.0 Å². The van der Waals surface area contributed by atoms with Gasteiger partial charge in [-0.25, -0.2) is 4.79 Å². The third-order valence-electron chi connectivity index (χ3n) is 4.53. The summed E-state index contributed by atoms with van der Waals surface area (Å²) in [5, 5.41) is 11.2. The number of hydrogen-bond donors (Lipinski definition) is 1. The number of hydrogen-bond acceptors (Lipinski definition) is 6. The largest absolute Gasteiger partial charge is 0.507 e. The van der Waals surface area contributed by atoms with Crippen LogP contribution in [0.5, 0.6) is 11.5 Å². The van der Waals surface area contributed by atoms with E-state index in [1.165, 1.54) is 7.11 Å². The molecule has 0 unspecified atom stereocenters. The second-order valence-corrected chi connectivity index (χ2v) is 6.80. The van der Waals surface area contributed by atoms with Crippen LogP contribution in [-0.4, -0.2) is 24.8 Å². The van der Waals surface area contributed by atoms with E-state index < -0.39 is 17.5 Å². The Kier molecular flexibility index (Phi) is 6.02. The van der Waals surface area contributed by atoms with Gasteiger partial charge in [0.05, 0.1) is 24.5 Å². The van der Waals surface area contributed by atoms with Crippen molar-refractivity contribution in [2.75, 3.05) is 13.7 Å². The zero-order valence-electron chi connectivity index (χ0n) is 16.3. The lowest BCUT2D eigenvalue weighted by atomic mass is 9.88. The van der Waals surface area contributed by atoms with Crippen molar-refractivity contribution < 1.29 is 23.8 Å². The monoisotopic (exact) mass is 394 g/mol. The standard InChI is InChI=1S/C23H22O6/c1-14(2)13-28-16-10-8-15(9-11-16)18(12-20(24)27-3)21-22(25)17-6-4-5-7-19(17)29-23(21)26/h4-11,18,25H,1,12-13H2,2-3H3/t18-/m1/s1. The lowest BCUT2D eigenvalue weighted by molar-refractivity contribution is -0.140. The first-order valence-corrected chi connectivity index (χ1v) is 9.09. The minimum Gasteiger partial charge on any atom is -0.507 e. The Morgan fingerprint density at radius 1 is 1.17 bits per heavy atom. The molecule has 1 atom stereocenters. The molecule has 0 saturated carbocycles. The Bertz CT molecular complexity index is 1090. The molecule has 0 bridgehead atoms. The number of carbonyl (C=O) groups excluding carboxylic acids is 1. The number of aromatic hydroxyl groups is 1. The summed E-state index contributed by atoms with van der Waals surface area (Å²) >= 11 is 0. The normalized spacial score (nSPS) is 11.8. The number of ether oxygens (including phenoxy) is 2. The van der Waals surface area contributed by atoms with Crippen molar-refractivity contribution in [1.29, 1.82) is 0 Å². The van der Waals surface area contributed by atoms with E-state index in [2.05, 4.69) is 6.58 Å². The number of fused-ring (bicyclic) bond motifs is 1. The highest BCUT2D eigenvalue weighted by atomic mass is 16.5. The van der Waals surface area contributed by atoms with Crippen molar-refractivity contribution in [2.45, 2.75) is 19.3 Å². The molecule has 0 amide bonds. The molecule has 0 radical (unpaired) electrons. The zero-order valence-corrected chi connectivity index (χ0v) is 16.3. The Balaban J connectivity index is 2.07. The van der Waals surface area contributed by atoms with Crippen molar-refractivity contribution >= 4 is 16.9 Å². The third kappa shape index (κ3) is 4.48. The van der Waals surface area contributed by atoms with E-state index >= 15 is 0 Å². The Morgan fingerprint density at radius 3 is 2.52 bits per heavy atom. The fourth-order valence-electron chi connectivity index (χ4n) is 3.09. The molecule has 0 spiro atoms. The smallest absolute Gasteiger partial charge is 0.343 e. The molecule has 0 fully saturated rings. The van der Waals surface area contributed by atoms with Crippen LogP contribution in [0, 0.1) is 0 Å². The Hall–Kier alpha value is -3.54. The number of para-hydroxylation sites is 1. The fourth-order valence-corrected chi connectivity index (χ4v) is 3.09. The van der Waals surface area contributed by atoms with Gasteiger partial charge in [0, 0.05) is 5.92 Å². The molecule has 3 rings (SSSR count). The quantitative estimate of drug-likeness (QED) is 0.368. The van der Waals surface area contributed by atoms with Gasteiger partial charge >= 0.3 is 11.6 Å². The van der Waals surface area contributed by atoms with Crippen LogP contribution in [0.2, 0.25) is 0 Å². The van der Waals surface area contributed by atoms with Crippen LogP contribution < -0.4 is 10.4 Å². The van der Waals surface area contributed by atoms with E-state index in [0.29, 0.717) is 23.3 Å². The van der Waals surface area contributed by atoms with E-state index in [1.807, 2.05) is 6.92 Å². The number of benzene rings is 2. The number of methoxy groups -OCH3 is 1. The zero-order chi connectivity index (χ0) is 21.0. The van der Waals surface area contributed by atoms with Crippen LogP contribution in [0.25, 0.3) is 11.0 Å². The van der Waals surface area contributed by atoms with Gasteiger partial charge in [0.2, 0.25) is 0 Å². The van der Waals surface area contributed by atoms with Crippen molar-refractivity contribution in [1.82, 2.24) is 0 Å². The van der Waals surface area contributed by atoms with Gasteiger partial charge in [-0.1, -0.05) is 30.8 Å². The second kappa shape index (κ2) is 8.65. The molecule has 1 aromatic heterocycles. The molecular weight excluding hydrogens is 372 g/mol. The SMILES string of the molecule is C=C(C)COc1ccc([C@@H](CC(=O)OC)c2c(O)c3ccccc3oc2=O)cc1. The minimum absolute atomic E-state index is 0.0182. The van der Waals surface area contributed by atoms with Crippen molar-refractivity contribution in [3.05, 3.63) is 82.2 Å². The van der Waals surface area contributed by atoms with Gasteiger partial charge in [0.1, 0.15) is 23.7 Å². The van der Waals surface area contributed by atoms with Crippen LogP contribution in [0.4, 0.5) is 0 Å². The van der Waals surface area contributed by atoms with Crippen LogP contribution in [0.15, 0.2) is 69.9 Å². The molecule has 3 aromatic rings. The first-order valence-electron chi connectivity index (χ1n) is 9.09. The van der Waals surface area contributed by atoms with Gasteiger partial charge < -0.3 is 19.0 Å². The summed E-state index contributed by atoms with van der Waals surface area (Å²) in [5.41, 5.74) is 1.13. The Labute approximate surface area is 168 Å². The molecule has 6 nitrogen and oxygen atoms in total. The molecule has 1 N–H and O–H groups in total. The molecule has 0 aliphatic rings. The molecule has 2 aromatic carbocycles. The molecule has 0 saturated heterocycles. The number of rotatable bonds is 7. The van der Waals surface area contributed by atoms with Crippen molar-refractivity contribution in [3.63, 3.8) is 0 Å². The number of carbonyl (C=O) groups is 1. The molecule has 150 valence electrons. The van der Waals surface area contributed by atoms with E-state index in [1.54, 1.807) is 48.5 Å².